The third kappa shape index (κ3) is 2.59. The summed E-state index contributed by atoms with van der Waals surface area (Å²) in [5.74, 6) is 0. The zero-order chi connectivity index (χ0) is 12.3. The topological polar surface area (TPSA) is 56.0 Å². The van der Waals surface area contributed by atoms with E-state index in [1.807, 2.05) is 19.1 Å². The Morgan fingerprint density at radius 2 is 2.12 bits per heavy atom. The van der Waals surface area contributed by atoms with Crippen LogP contribution in [-0.2, 0) is 0 Å². The first-order valence-corrected chi connectivity index (χ1v) is 6.11. The fourth-order valence-corrected chi connectivity index (χ4v) is 2.46. The molecule has 3 nitrogen and oxygen atoms in total. The number of hydrogen-bond acceptors (Lipinski definition) is 3. The molecule has 2 N–H and O–H groups in total. The third-order valence-electron chi connectivity index (χ3n) is 3.52. The summed E-state index contributed by atoms with van der Waals surface area (Å²) < 4.78 is 0. The molecule has 17 heavy (non-hydrogen) atoms. The molecule has 0 unspecified atom stereocenters. The van der Waals surface area contributed by atoms with E-state index in [1.54, 1.807) is 6.07 Å². The van der Waals surface area contributed by atoms with Crippen LogP contribution in [0.4, 0.5) is 5.69 Å². The predicted molar refractivity (Wildman–Crippen MR) is 67.8 cm³/mol. The Hall–Kier alpha value is -1.53. The Balaban J connectivity index is 2.11. The SMILES string of the molecule is Cc1cccc(C#N)c1NCC1(O)CCCC1. The average Bonchev–Trinajstić information content (AvgIpc) is 2.75. The maximum absolute atomic E-state index is 10.3. The number of aliphatic hydroxyl groups is 1. The van der Waals surface area contributed by atoms with Gasteiger partial charge in [0.25, 0.3) is 0 Å². The summed E-state index contributed by atoms with van der Waals surface area (Å²) in [4.78, 5) is 0. The summed E-state index contributed by atoms with van der Waals surface area (Å²) >= 11 is 0. The normalized spacial score (nSPS) is 17.7. The van der Waals surface area contributed by atoms with E-state index in [9.17, 15) is 5.11 Å². The maximum atomic E-state index is 10.3. The number of benzene rings is 1. The van der Waals surface area contributed by atoms with Crippen molar-refractivity contribution in [3.05, 3.63) is 29.3 Å². The first kappa shape index (κ1) is 11.9. The van der Waals surface area contributed by atoms with E-state index < -0.39 is 5.60 Å². The molecule has 2 rings (SSSR count). The fraction of sp³-hybridized carbons (Fsp3) is 0.500. The fourth-order valence-electron chi connectivity index (χ4n) is 2.46. The molecule has 1 fully saturated rings. The van der Waals surface area contributed by atoms with Gasteiger partial charge in [-0.1, -0.05) is 25.0 Å². The number of aryl methyl sites for hydroxylation is 1. The van der Waals surface area contributed by atoms with Crippen LogP contribution in [0.25, 0.3) is 0 Å². The zero-order valence-corrected chi connectivity index (χ0v) is 10.2. The van der Waals surface area contributed by atoms with Crippen molar-refractivity contribution in [2.45, 2.75) is 38.2 Å². The van der Waals surface area contributed by atoms with Gasteiger partial charge in [-0.2, -0.15) is 5.26 Å². The van der Waals surface area contributed by atoms with Crippen molar-refractivity contribution >= 4 is 5.69 Å². The molecule has 0 saturated heterocycles. The quantitative estimate of drug-likeness (QED) is 0.839. The van der Waals surface area contributed by atoms with Gasteiger partial charge in [-0.05, 0) is 31.4 Å². The number of hydrogen-bond donors (Lipinski definition) is 2. The second-order valence-corrected chi connectivity index (χ2v) is 4.89. The average molecular weight is 230 g/mol. The zero-order valence-electron chi connectivity index (χ0n) is 10.2. The minimum absolute atomic E-state index is 0.534. The lowest BCUT2D eigenvalue weighted by molar-refractivity contribution is 0.0614. The number of nitrogens with one attached hydrogen (secondary N) is 1. The van der Waals surface area contributed by atoms with Crippen LogP contribution in [0, 0.1) is 18.3 Å². The van der Waals surface area contributed by atoms with Crippen molar-refractivity contribution in [1.29, 1.82) is 5.26 Å². The molecule has 0 aromatic heterocycles. The molecular formula is C14H18N2O. The number of anilines is 1. The molecule has 90 valence electrons. The molecule has 0 heterocycles. The Morgan fingerprint density at radius 1 is 1.41 bits per heavy atom. The van der Waals surface area contributed by atoms with Crippen molar-refractivity contribution in [2.75, 3.05) is 11.9 Å². The van der Waals surface area contributed by atoms with Crippen LogP contribution in [0.2, 0.25) is 0 Å². The van der Waals surface area contributed by atoms with Gasteiger partial charge in [-0.15, -0.1) is 0 Å². The Labute approximate surface area is 102 Å². The first-order chi connectivity index (χ1) is 8.14. The van der Waals surface area contributed by atoms with Crippen molar-refractivity contribution in [3.8, 4) is 6.07 Å². The summed E-state index contributed by atoms with van der Waals surface area (Å²) in [6, 6.07) is 7.83. The highest BCUT2D eigenvalue weighted by Crippen LogP contribution is 2.30. The molecule has 1 aromatic carbocycles. The highest BCUT2D eigenvalue weighted by molar-refractivity contribution is 5.62. The molecular weight excluding hydrogens is 212 g/mol. The lowest BCUT2D eigenvalue weighted by atomic mass is 10.0. The molecule has 1 aliphatic rings. The van der Waals surface area contributed by atoms with Crippen LogP contribution >= 0.6 is 0 Å². The van der Waals surface area contributed by atoms with E-state index in [1.165, 1.54) is 0 Å². The number of para-hydroxylation sites is 1. The lowest BCUT2D eigenvalue weighted by Gasteiger charge is -2.24. The Morgan fingerprint density at radius 3 is 2.76 bits per heavy atom. The van der Waals surface area contributed by atoms with Crippen LogP contribution < -0.4 is 5.32 Å². The third-order valence-corrected chi connectivity index (χ3v) is 3.52. The highest BCUT2D eigenvalue weighted by Gasteiger charge is 2.30. The summed E-state index contributed by atoms with van der Waals surface area (Å²) in [6.45, 7) is 2.51. The van der Waals surface area contributed by atoms with Crippen LogP contribution in [0.1, 0.15) is 36.8 Å². The van der Waals surface area contributed by atoms with Crippen LogP contribution in [0.15, 0.2) is 18.2 Å². The van der Waals surface area contributed by atoms with E-state index in [0.29, 0.717) is 12.1 Å². The summed E-state index contributed by atoms with van der Waals surface area (Å²) in [7, 11) is 0. The largest absolute Gasteiger partial charge is 0.388 e. The van der Waals surface area contributed by atoms with E-state index in [0.717, 1.165) is 36.9 Å². The van der Waals surface area contributed by atoms with Gasteiger partial charge < -0.3 is 10.4 Å². The highest BCUT2D eigenvalue weighted by atomic mass is 16.3. The number of rotatable bonds is 3. The second-order valence-electron chi connectivity index (χ2n) is 4.89. The smallest absolute Gasteiger partial charge is 0.101 e. The van der Waals surface area contributed by atoms with Gasteiger partial charge in [0, 0.05) is 6.54 Å². The lowest BCUT2D eigenvalue weighted by Crippen LogP contribution is -2.33. The van der Waals surface area contributed by atoms with E-state index in [-0.39, 0.29) is 0 Å². The molecule has 3 heteroatoms. The number of nitrogens with zero attached hydrogens (tertiary/aromatic N) is 1. The van der Waals surface area contributed by atoms with Gasteiger partial charge in [0.1, 0.15) is 6.07 Å². The van der Waals surface area contributed by atoms with Gasteiger partial charge in [-0.25, -0.2) is 0 Å². The van der Waals surface area contributed by atoms with Crippen molar-refractivity contribution in [1.82, 2.24) is 0 Å². The van der Waals surface area contributed by atoms with E-state index in [4.69, 9.17) is 5.26 Å². The molecule has 0 aliphatic heterocycles. The van der Waals surface area contributed by atoms with Gasteiger partial charge >= 0.3 is 0 Å². The minimum atomic E-state index is -0.588. The van der Waals surface area contributed by atoms with Crippen LogP contribution in [-0.4, -0.2) is 17.3 Å². The molecule has 0 amide bonds. The molecule has 0 radical (unpaired) electrons. The maximum Gasteiger partial charge on any atom is 0.101 e. The van der Waals surface area contributed by atoms with Crippen LogP contribution in [0.3, 0.4) is 0 Å². The minimum Gasteiger partial charge on any atom is -0.388 e. The van der Waals surface area contributed by atoms with Crippen molar-refractivity contribution in [3.63, 3.8) is 0 Å². The Kier molecular flexibility index (Phi) is 3.35. The summed E-state index contributed by atoms with van der Waals surface area (Å²) in [6.07, 6.45) is 3.90. The molecule has 1 aliphatic carbocycles. The van der Waals surface area contributed by atoms with Crippen molar-refractivity contribution in [2.24, 2.45) is 0 Å². The van der Waals surface area contributed by atoms with Gasteiger partial charge in [0.15, 0.2) is 0 Å². The summed E-state index contributed by atoms with van der Waals surface area (Å²) in [5.41, 5.74) is 1.96. The number of nitriles is 1. The molecule has 1 saturated carbocycles. The standard InChI is InChI=1S/C14H18N2O/c1-11-5-4-6-12(9-15)13(11)16-10-14(17)7-2-3-8-14/h4-6,16-17H,2-3,7-8,10H2,1H3. The van der Waals surface area contributed by atoms with Crippen molar-refractivity contribution < 1.29 is 5.11 Å². The van der Waals surface area contributed by atoms with Gasteiger partial charge in [-0.3, -0.25) is 0 Å². The van der Waals surface area contributed by atoms with E-state index >= 15 is 0 Å². The monoisotopic (exact) mass is 230 g/mol. The predicted octanol–water partition coefficient (Wildman–Crippen LogP) is 2.58. The van der Waals surface area contributed by atoms with Gasteiger partial charge in [0.05, 0.1) is 16.9 Å². The summed E-state index contributed by atoms with van der Waals surface area (Å²) in [5, 5.41) is 22.6. The Bertz CT molecular complexity index is 442. The molecule has 0 atom stereocenters. The second kappa shape index (κ2) is 4.77. The first-order valence-electron chi connectivity index (χ1n) is 6.11. The van der Waals surface area contributed by atoms with Gasteiger partial charge in [0.2, 0.25) is 0 Å². The van der Waals surface area contributed by atoms with Crippen LogP contribution in [0.5, 0.6) is 0 Å². The molecule has 0 bridgehead atoms. The molecule has 1 aromatic rings. The molecule has 0 spiro atoms. The van der Waals surface area contributed by atoms with E-state index in [2.05, 4.69) is 11.4 Å².